The average Bonchev–Trinajstić information content (AvgIpc) is 3.05. The molecule has 0 aliphatic rings. The predicted octanol–water partition coefficient (Wildman–Crippen LogP) is 1.46. The van der Waals surface area contributed by atoms with E-state index in [1.54, 1.807) is 48.5 Å². The van der Waals surface area contributed by atoms with Gasteiger partial charge in [0, 0.05) is 30.9 Å². The number of carboxylic acids is 1. The van der Waals surface area contributed by atoms with Gasteiger partial charge in [-0.3, -0.25) is 39.6 Å². The summed E-state index contributed by atoms with van der Waals surface area (Å²) in [5, 5.41) is 14.1. The highest BCUT2D eigenvalue weighted by Gasteiger charge is 2.21. The lowest BCUT2D eigenvalue weighted by Gasteiger charge is -2.24. The Morgan fingerprint density at radius 1 is 0.938 bits per heavy atom. The maximum atomic E-state index is 12.9. The number of nitrogens with one attached hydrogen (secondary N) is 3. The molecule has 16 heteroatoms. The van der Waals surface area contributed by atoms with E-state index in [-0.39, 0.29) is 37.8 Å². The number of aromatic nitrogens is 2. The maximum Gasteiger partial charge on any atom is 0.414 e. The number of hydrogen-bond donors (Lipinski definition) is 5. The van der Waals surface area contributed by atoms with Gasteiger partial charge in [-0.1, -0.05) is 67.1 Å². The number of carbonyl (C=O) groups is 4. The minimum atomic E-state index is -1.26. The minimum absolute atomic E-state index is 0.00105. The number of benzene rings is 2. The van der Waals surface area contributed by atoms with Gasteiger partial charge < -0.3 is 25.2 Å². The van der Waals surface area contributed by atoms with Crippen LogP contribution >= 0.6 is 0 Å². The number of hydrogen-bond acceptors (Lipinski definition) is 10. The van der Waals surface area contributed by atoms with E-state index in [0.29, 0.717) is 19.3 Å². The molecule has 3 rings (SSSR count). The first-order valence-electron chi connectivity index (χ1n) is 15.1. The number of aliphatic carboxylic acids is 1. The lowest BCUT2D eigenvalue weighted by atomic mass is 10.1. The van der Waals surface area contributed by atoms with Gasteiger partial charge in [-0.25, -0.2) is 14.4 Å². The molecule has 6 N–H and O–H groups in total. The number of aryl methyl sites for hydroxylation is 1. The van der Waals surface area contributed by atoms with Crippen LogP contribution in [0.15, 0.2) is 81.4 Å². The number of carboxylic acid groups (broad SMARTS) is 1. The highest BCUT2D eigenvalue weighted by Crippen LogP contribution is 2.05. The molecular weight excluding hydrogens is 626 g/mol. The van der Waals surface area contributed by atoms with Gasteiger partial charge in [0.25, 0.3) is 5.56 Å². The molecule has 0 saturated carbocycles. The molecule has 3 aromatic rings. The van der Waals surface area contributed by atoms with Crippen LogP contribution in [0.3, 0.4) is 0 Å². The van der Waals surface area contributed by atoms with Crippen LogP contribution in [0.25, 0.3) is 0 Å². The summed E-state index contributed by atoms with van der Waals surface area (Å²) in [7, 11) is 0. The predicted molar refractivity (Wildman–Crippen MR) is 174 cm³/mol. The molecule has 0 fully saturated rings. The van der Waals surface area contributed by atoms with Gasteiger partial charge >= 0.3 is 23.8 Å². The summed E-state index contributed by atoms with van der Waals surface area (Å²) in [6, 6.07) is 17.4. The largest absolute Gasteiger partial charge is 0.480 e. The van der Waals surface area contributed by atoms with Gasteiger partial charge in [0.05, 0.1) is 0 Å². The maximum absolute atomic E-state index is 12.9. The minimum Gasteiger partial charge on any atom is -0.480 e. The zero-order valence-electron chi connectivity index (χ0n) is 26.4. The van der Waals surface area contributed by atoms with Gasteiger partial charge in [0.15, 0.2) is 0 Å². The quantitative estimate of drug-likeness (QED) is 0.0892. The third-order valence-electron chi connectivity index (χ3n) is 6.75. The van der Waals surface area contributed by atoms with Crippen LogP contribution < -0.4 is 27.6 Å². The Hall–Kier alpha value is -5.77. The number of aromatic amines is 1. The van der Waals surface area contributed by atoms with Gasteiger partial charge in [-0.2, -0.15) is 0 Å². The molecule has 1 aromatic heterocycles. The molecular formula is C32H39N7O9. The molecule has 0 aliphatic heterocycles. The first-order chi connectivity index (χ1) is 23.0. The van der Waals surface area contributed by atoms with Crippen molar-refractivity contribution >= 4 is 30.0 Å². The molecule has 256 valence electrons. The van der Waals surface area contributed by atoms with Crippen molar-refractivity contribution in [2.24, 2.45) is 10.7 Å². The summed E-state index contributed by atoms with van der Waals surface area (Å²) in [5.74, 6) is -2.10. The van der Waals surface area contributed by atoms with E-state index in [0.717, 1.165) is 20.6 Å². The molecule has 16 nitrogen and oxygen atoms in total. The van der Waals surface area contributed by atoms with Crippen LogP contribution in [0, 0.1) is 6.92 Å². The second-order valence-corrected chi connectivity index (χ2v) is 10.7. The molecule has 0 aliphatic carbocycles. The fraction of sp³-hybridized carbons (Fsp3) is 0.344. The number of nitrogens with zero attached hydrogens (tertiary/aromatic N) is 3. The average molecular weight is 666 g/mol. The van der Waals surface area contributed by atoms with E-state index in [9.17, 15) is 33.9 Å². The van der Waals surface area contributed by atoms with Crippen LogP contribution in [0.1, 0.15) is 36.0 Å². The van der Waals surface area contributed by atoms with Crippen molar-refractivity contribution in [3.63, 3.8) is 0 Å². The van der Waals surface area contributed by atoms with Gasteiger partial charge in [-0.05, 0) is 30.9 Å². The summed E-state index contributed by atoms with van der Waals surface area (Å²) < 4.78 is 11.4. The van der Waals surface area contributed by atoms with Crippen LogP contribution in [-0.4, -0.2) is 75.3 Å². The third-order valence-corrected chi connectivity index (χ3v) is 6.75. The number of nitrogens with two attached hydrogens (primary N) is 1. The highest BCUT2D eigenvalue weighted by atomic mass is 16.6. The van der Waals surface area contributed by atoms with E-state index in [4.69, 9.17) is 15.2 Å². The fourth-order valence-electron chi connectivity index (χ4n) is 4.31. The lowest BCUT2D eigenvalue weighted by molar-refractivity contribution is -0.144. The zero-order valence-corrected chi connectivity index (χ0v) is 26.4. The second kappa shape index (κ2) is 19.0. The van der Waals surface area contributed by atoms with Crippen molar-refractivity contribution in [2.75, 3.05) is 19.6 Å². The summed E-state index contributed by atoms with van der Waals surface area (Å²) in [6.45, 7) is 0.425. The molecule has 48 heavy (non-hydrogen) atoms. The summed E-state index contributed by atoms with van der Waals surface area (Å²) in [6.07, 6.45) is 0.879. The summed E-state index contributed by atoms with van der Waals surface area (Å²) in [4.78, 5) is 80.2. The Kier molecular flexibility index (Phi) is 14.5. The van der Waals surface area contributed by atoms with Gasteiger partial charge in [0.2, 0.25) is 11.9 Å². The Labute approximate surface area is 275 Å². The van der Waals surface area contributed by atoms with E-state index in [1.807, 2.05) is 12.1 Å². The number of alkyl carbamates (subject to hydrolysis) is 2. The number of amides is 3. The van der Waals surface area contributed by atoms with Crippen molar-refractivity contribution in [1.29, 1.82) is 0 Å². The SMILES string of the molecule is Cc1cn(CC(=O)N(CC(=O)O)C[C@@H](N)CCCCN=C(NC(=O)OCc2ccccc2)NC(=O)OCc2ccccc2)c(=O)[nH]c1=O. The van der Waals surface area contributed by atoms with E-state index >= 15 is 0 Å². The first kappa shape index (κ1) is 36.7. The number of rotatable bonds is 15. The standard InChI is InChI=1S/C32H39N7O9/c1-22-16-39(30(44)35-28(22)43)18-26(40)38(19-27(41)42)17-25(33)14-8-9-15-34-29(36-31(45)47-20-23-10-4-2-5-11-23)37-32(46)48-21-24-12-6-3-7-13-24/h2-7,10-13,16,25H,8-9,14-15,17-21,33H2,1H3,(H,41,42)(H,35,43,44)(H2,34,36,37,45,46)/t25-/m0/s1. The lowest BCUT2D eigenvalue weighted by Crippen LogP contribution is -2.46. The number of ether oxygens (including phenoxy) is 2. The number of H-pyrrole nitrogens is 1. The molecule has 3 amide bonds. The fourth-order valence-corrected chi connectivity index (χ4v) is 4.31. The van der Waals surface area contributed by atoms with Crippen LogP contribution in [0.5, 0.6) is 0 Å². The van der Waals surface area contributed by atoms with E-state index in [1.165, 1.54) is 13.1 Å². The van der Waals surface area contributed by atoms with E-state index in [2.05, 4.69) is 20.6 Å². The van der Waals surface area contributed by atoms with Crippen molar-refractivity contribution in [3.8, 4) is 0 Å². The molecule has 1 heterocycles. The Morgan fingerprint density at radius 2 is 1.50 bits per heavy atom. The van der Waals surface area contributed by atoms with Crippen LogP contribution in [-0.2, 0) is 38.8 Å². The van der Waals surface area contributed by atoms with Crippen molar-refractivity contribution in [3.05, 3.63) is 104 Å². The Bertz CT molecular complexity index is 1610. The number of unbranched alkanes of at least 4 members (excludes halogenated alkanes) is 1. The first-order valence-corrected chi connectivity index (χ1v) is 15.1. The number of aliphatic imine (C=N–C) groups is 1. The monoisotopic (exact) mass is 665 g/mol. The van der Waals surface area contributed by atoms with Crippen LogP contribution in [0.4, 0.5) is 9.59 Å². The molecule has 2 aromatic carbocycles. The van der Waals surface area contributed by atoms with Crippen molar-refractivity contribution < 1.29 is 33.8 Å². The Morgan fingerprint density at radius 3 is 2.04 bits per heavy atom. The normalized spacial score (nSPS) is 11.1. The topological polar surface area (TPSA) is 228 Å². The van der Waals surface area contributed by atoms with Crippen molar-refractivity contribution in [2.45, 2.75) is 52.0 Å². The van der Waals surface area contributed by atoms with E-state index < -0.39 is 54.4 Å². The molecule has 1 atom stereocenters. The zero-order chi connectivity index (χ0) is 34.9. The molecule has 0 bridgehead atoms. The molecule has 0 spiro atoms. The third kappa shape index (κ3) is 13.3. The molecule has 0 unspecified atom stereocenters. The number of guanidine groups is 1. The van der Waals surface area contributed by atoms with Gasteiger partial charge in [-0.15, -0.1) is 0 Å². The van der Waals surface area contributed by atoms with Crippen molar-refractivity contribution in [1.82, 2.24) is 25.1 Å². The number of carbonyl (C=O) groups excluding carboxylic acids is 3. The second-order valence-electron chi connectivity index (χ2n) is 10.7. The molecule has 0 saturated heterocycles. The Balaban J connectivity index is 1.53. The van der Waals surface area contributed by atoms with Gasteiger partial charge in [0.1, 0.15) is 26.3 Å². The van der Waals surface area contributed by atoms with Crippen LogP contribution in [0.2, 0.25) is 0 Å². The highest BCUT2D eigenvalue weighted by molar-refractivity contribution is 6.01. The summed E-state index contributed by atoms with van der Waals surface area (Å²) >= 11 is 0. The molecule has 0 radical (unpaired) electrons. The smallest absolute Gasteiger partial charge is 0.414 e. The summed E-state index contributed by atoms with van der Waals surface area (Å²) in [5.41, 5.74) is 6.58.